The summed E-state index contributed by atoms with van der Waals surface area (Å²) in [4.78, 5) is 21.5. The molecule has 0 bridgehead atoms. The molecule has 0 aliphatic heterocycles. The van der Waals surface area contributed by atoms with E-state index in [1.807, 2.05) is 13.0 Å². The second-order valence-electron chi connectivity index (χ2n) is 6.80. The number of nitrogens with zero attached hydrogens (tertiary/aromatic N) is 2. The van der Waals surface area contributed by atoms with E-state index in [1.165, 1.54) is 31.3 Å². The maximum absolute atomic E-state index is 11.0. The van der Waals surface area contributed by atoms with Crippen LogP contribution in [0.15, 0.2) is 41.5 Å². The van der Waals surface area contributed by atoms with E-state index in [2.05, 4.69) is 36.5 Å². The van der Waals surface area contributed by atoms with Crippen molar-refractivity contribution in [1.29, 1.82) is 0 Å². The first kappa shape index (κ1) is 21.9. The highest BCUT2D eigenvalue weighted by molar-refractivity contribution is 5.85. The Hall–Kier alpha value is -3.42. The van der Waals surface area contributed by atoms with Crippen LogP contribution >= 0.6 is 0 Å². The smallest absolute Gasteiger partial charge is 0.270 e. The average molecular weight is 399 g/mol. The Morgan fingerprint density at radius 3 is 2.48 bits per heavy atom. The highest BCUT2D eigenvalue weighted by Gasteiger charge is 2.12. The predicted molar refractivity (Wildman–Crippen MR) is 111 cm³/mol. The van der Waals surface area contributed by atoms with Gasteiger partial charge in [0.15, 0.2) is 0 Å². The summed E-state index contributed by atoms with van der Waals surface area (Å²) in [6, 6.07) is 10.3. The summed E-state index contributed by atoms with van der Waals surface area (Å²) in [6.45, 7) is 8.07. The maximum Gasteiger partial charge on any atom is 0.270 e. The lowest BCUT2D eigenvalue weighted by atomic mass is 10.0. The number of ether oxygens (including phenoxy) is 2. The number of hydrogen-bond acceptors (Lipinski definition) is 6. The first-order valence-electron chi connectivity index (χ1n) is 9.22. The Balaban J connectivity index is 2.06. The van der Waals surface area contributed by atoms with Gasteiger partial charge in [-0.1, -0.05) is 26.0 Å². The molecule has 154 valence electrons. The summed E-state index contributed by atoms with van der Waals surface area (Å²) < 4.78 is 11.6. The summed E-state index contributed by atoms with van der Waals surface area (Å²) in [6.07, 6.45) is 1.31. The molecule has 0 aliphatic rings. The van der Waals surface area contributed by atoms with Crippen LogP contribution in [0.3, 0.4) is 0 Å². The molecule has 0 atom stereocenters. The zero-order valence-corrected chi connectivity index (χ0v) is 17.0. The van der Waals surface area contributed by atoms with E-state index >= 15 is 0 Å². The van der Waals surface area contributed by atoms with Crippen molar-refractivity contribution in [3.05, 3.63) is 63.2 Å². The Labute approximate surface area is 169 Å². The quantitative estimate of drug-likeness (QED) is 0.298. The van der Waals surface area contributed by atoms with Gasteiger partial charge >= 0.3 is 0 Å². The third-order valence-electron chi connectivity index (χ3n) is 4.02. The minimum atomic E-state index is -0.506. The Bertz CT molecular complexity index is 909. The molecule has 2 aromatic rings. The van der Waals surface area contributed by atoms with Crippen molar-refractivity contribution < 1.29 is 19.2 Å². The Morgan fingerprint density at radius 1 is 1.17 bits per heavy atom. The molecule has 0 aliphatic carbocycles. The first-order valence-corrected chi connectivity index (χ1v) is 9.22. The lowest BCUT2D eigenvalue weighted by molar-refractivity contribution is -0.384. The fraction of sp³-hybridized carbons (Fsp3) is 0.333. The minimum absolute atomic E-state index is 0.0980. The van der Waals surface area contributed by atoms with Crippen LogP contribution in [0.1, 0.15) is 43.4 Å². The van der Waals surface area contributed by atoms with Crippen molar-refractivity contribution in [1.82, 2.24) is 5.43 Å². The maximum atomic E-state index is 11.0. The molecule has 2 rings (SSSR count). The van der Waals surface area contributed by atoms with E-state index in [4.69, 9.17) is 9.47 Å². The van der Waals surface area contributed by atoms with E-state index in [1.54, 1.807) is 0 Å². The van der Waals surface area contributed by atoms with E-state index in [0.29, 0.717) is 23.8 Å². The number of hydrazone groups is 1. The lowest BCUT2D eigenvalue weighted by Crippen LogP contribution is -2.13. The van der Waals surface area contributed by atoms with Gasteiger partial charge in [0.1, 0.15) is 24.7 Å². The minimum Gasteiger partial charge on any atom is -0.490 e. The van der Waals surface area contributed by atoms with E-state index in [0.717, 1.165) is 16.9 Å². The number of aryl methyl sites for hydroxylation is 1. The van der Waals surface area contributed by atoms with Crippen molar-refractivity contribution in [2.24, 2.45) is 5.10 Å². The summed E-state index contributed by atoms with van der Waals surface area (Å²) in [5.41, 5.74) is 4.77. The van der Waals surface area contributed by atoms with Crippen LogP contribution in [0.2, 0.25) is 0 Å². The van der Waals surface area contributed by atoms with Crippen molar-refractivity contribution in [2.75, 3.05) is 13.2 Å². The second-order valence-corrected chi connectivity index (χ2v) is 6.80. The summed E-state index contributed by atoms with van der Waals surface area (Å²) in [7, 11) is 0. The van der Waals surface area contributed by atoms with Gasteiger partial charge in [0.2, 0.25) is 5.91 Å². The highest BCUT2D eigenvalue weighted by Crippen LogP contribution is 2.27. The number of rotatable bonds is 9. The van der Waals surface area contributed by atoms with Gasteiger partial charge in [0.05, 0.1) is 11.1 Å². The average Bonchev–Trinajstić information content (AvgIpc) is 2.65. The monoisotopic (exact) mass is 399 g/mol. The van der Waals surface area contributed by atoms with Gasteiger partial charge in [-0.25, -0.2) is 5.43 Å². The van der Waals surface area contributed by atoms with Gasteiger partial charge in [0, 0.05) is 24.6 Å². The molecular formula is C21H25N3O5. The number of amides is 1. The molecule has 1 N–H and O–H groups in total. The second kappa shape index (κ2) is 10.2. The first-order chi connectivity index (χ1) is 13.8. The molecule has 0 unspecified atom stereocenters. The van der Waals surface area contributed by atoms with Gasteiger partial charge in [-0.3, -0.25) is 14.9 Å². The Morgan fingerprint density at radius 2 is 1.86 bits per heavy atom. The fourth-order valence-corrected chi connectivity index (χ4v) is 2.62. The van der Waals surface area contributed by atoms with E-state index in [9.17, 15) is 14.9 Å². The molecule has 0 spiro atoms. The molecule has 29 heavy (non-hydrogen) atoms. The van der Waals surface area contributed by atoms with Crippen molar-refractivity contribution in [3.8, 4) is 11.5 Å². The number of nitrogens with one attached hydrogen (secondary N) is 1. The van der Waals surface area contributed by atoms with Gasteiger partial charge in [-0.05, 0) is 36.1 Å². The normalized spacial score (nSPS) is 10.9. The van der Waals surface area contributed by atoms with Crippen LogP contribution in [-0.4, -0.2) is 30.3 Å². The van der Waals surface area contributed by atoms with Gasteiger partial charge < -0.3 is 9.47 Å². The number of nitro benzene ring substituents is 1. The molecule has 0 saturated heterocycles. The number of benzene rings is 2. The predicted octanol–water partition coefficient (Wildman–Crippen LogP) is 3.95. The molecular weight excluding hydrogens is 374 g/mol. The van der Waals surface area contributed by atoms with Gasteiger partial charge in [-0.2, -0.15) is 5.10 Å². The van der Waals surface area contributed by atoms with Crippen LogP contribution < -0.4 is 14.9 Å². The van der Waals surface area contributed by atoms with Crippen LogP contribution in [0.4, 0.5) is 5.69 Å². The number of hydrogen-bond donors (Lipinski definition) is 1. The van der Waals surface area contributed by atoms with Crippen molar-refractivity contribution in [3.63, 3.8) is 0 Å². The van der Waals surface area contributed by atoms with Crippen LogP contribution in [0, 0.1) is 17.0 Å². The zero-order valence-electron chi connectivity index (χ0n) is 17.0. The molecule has 0 aromatic heterocycles. The van der Waals surface area contributed by atoms with Crippen LogP contribution in [-0.2, 0) is 4.79 Å². The Kier molecular flexibility index (Phi) is 7.70. The van der Waals surface area contributed by atoms with E-state index in [-0.39, 0.29) is 18.2 Å². The van der Waals surface area contributed by atoms with Crippen LogP contribution in [0.25, 0.3) is 0 Å². The molecule has 8 nitrogen and oxygen atoms in total. The molecule has 0 radical (unpaired) electrons. The molecule has 0 heterocycles. The molecule has 0 saturated carbocycles. The summed E-state index contributed by atoms with van der Waals surface area (Å²) in [5, 5.41) is 14.8. The summed E-state index contributed by atoms with van der Waals surface area (Å²) >= 11 is 0. The standard InChI is InChI=1S/C21H25N3O5/c1-14(2)19-7-5-15(3)11-21(19)29-10-9-28-20-8-6-18(24(26)27)12-17(20)13-22-23-16(4)25/h5-8,11-14H,9-10H2,1-4H3,(H,23,25)/b22-13+. The SMILES string of the molecule is CC(=O)N/N=C/c1cc([N+](=O)[O-])ccc1OCCOc1cc(C)ccc1C(C)C. The van der Waals surface area contributed by atoms with Crippen LogP contribution in [0.5, 0.6) is 11.5 Å². The third kappa shape index (κ3) is 6.60. The number of nitro groups is 1. The largest absolute Gasteiger partial charge is 0.490 e. The third-order valence-corrected chi connectivity index (χ3v) is 4.02. The highest BCUT2D eigenvalue weighted by atomic mass is 16.6. The molecule has 8 heteroatoms. The van der Waals surface area contributed by atoms with Crippen molar-refractivity contribution >= 4 is 17.8 Å². The summed E-state index contributed by atoms with van der Waals surface area (Å²) in [5.74, 6) is 1.21. The number of carbonyl (C=O) groups excluding carboxylic acids is 1. The van der Waals surface area contributed by atoms with E-state index < -0.39 is 4.92 Å². The number of carbonyl (C=O) groups is 1. The molecule has 0 fully saturated rings. The molecule has 2 aromatic carbocycles. The molecule has 1 amide bonds. The number of non-ortho nitro benzene ring substituents is 1. The van der Waals surface area contributed by atoms with Gasteiger partial charge in [-0.15, -0.1) is 0 Å². The van der Waals surface area contributed by atoms with Crippen molar-refractivity contribution in [2.45, 2.75) is 33.6 Å². The lowest BCUT2D eigenvalue weighted by Gasteiger charge is -2.15. The fourth-order valence-electron chi connectivity index (χ4n) is 2.62. The van der Waals surface area contributed by atoms with Gasteiger partial charge in [0.25, 0.3) is 5.69 Å². The zero-order chi connectivity index (χ0) is 21.4. The topological polar surface area (TPSA) is 103 Å².